The molecule has 64 valence electrons. The Balaban J connectivity index is 2.12. The molecule has 0 aromatic rings. The van der Waals surface area contributed by atoms with Crippen LogP contribution < -0.4 is 0 Å². The first kappa shape index (κ1) is 8.71. The minimum absolute atomic E-state index is 0.136. The maximum absolute atomic E-state index is 8.95. The zero-order valence-corrected chi connectivity index (χ0v) is 6.53. The molecule has 2 atom stereocenters. The summed E-state index contributed by atoms with van der Waals surface area (Å²) in [6.07, 6.45) is 2.80. The first-order chi connectivity index (χ1) is 5.33. The van der Waals surface area contributed by atoms with E-state index in [0.717, 1.165) is 6.42 Å². The summed E-state index contributed by atoms with van der Waals surface area (Å²) in [6.45, 7) is 4.60. The van der Waals surface area contributed by atoms with Gasteiger partial charge in [-0.15, -0.1) is 6.58 Å². The average molecular weight is 158 g/mol. The monoisotopic (exact) mass is 158 g/mol. The lowest BCUT2D eigenvalue weighted by Crippen LogP contribution is -2.31. The van der Waals surface area contributed by atoms with Crippen LogP contribution in [-0.4, -0.2) is 30.7 Å². The summed E-state index contributed by atoms with van der Waals surface area (Å²) >= 11 is 0. The highest BCUT2D eigenvalue weighted by Crippen LogP contribution is 2.13. The minimum atomic E-state index is -0.585. The quantitative estimate of drug-likeness (QED) is 0.614. The molecule has 0 unspecified atom stereocenters. The summed E-state index contributed by atoms with van der Waals surface area (Å²) in [5.41, 5.74) is 0. The molecule has 1 saturated heterocycles. The van der Waals surface area contributed by atoms with E-state index in [1.807, 2.05) is 0 Å². The van der Waals surface area contributed by atoms with E-state index in [0.29, 0.717) is 19.6 Å². The van der Waals surface area contributed by atoms with Crippen LogP contribution in [0.3, 0.4) is 0 Å². The van der Waals surface area contributed by atoms with Crippen molar-refractivity contribution in [2.75, 3.05) is 13.2 Å². The van der Waals surface area contributed by atoms with E-state index in [9.17, 15) is 0 Å². The van der Waals surface area contributed by atoms with Crippen molar-refractivity contribution in [1.82, 2.24) is 0 Å². The molecule has 0 saturated carbocycles. The molecule has 0 aliphatic carbocycles. The molecular formula is C8H14O3. The van der Waals surface area contributed by atoms with Gasteiger partial charge >= 0.3 is 0 Å². The molecule has 11 heavy (non-hydrogen) atoms. The molecule has 3 heteroatoms. The van der Waals surface area contributed by atoms with Crippen LogP contribution in [0.25, 0.3) is 0 Å². The third-order valence-electron chi connectivity index (χ3n) is 1.66. The summed E-state index contributed by atoms with van der Waals surface area (Å²) in [7, 11) is 0. The first-order valence-electron chi connectivity index (χ1n) is 3.85. The van der Waals surface area contributed by atoms with E-state index in [1.165, 1.54) is 0 Å². The number of hydrogen-bond acceptors (Lipinski definition) is 3. The maximum Gasteiger partial charge on any atom is 0.154 e. The molecule has 1 aliphatic heterocycles. The lowest BCUT2D eigenvalue weighted by Gasteiger charge is -2.25. The van der Waals surface area contributed by atoms with E-state index < -0.39 is 6.29 Å². The van der Waals surface area contributed by atoms with Crippen molar-refractivity contribution in [3.05, 3.63) is 12.7 Å². The molecule has 0 radical (unpaired) electrons. The van der Waals surface area contributed by atoms with Crippen molar-refractivity contribution < 1.29 is 14.6 Å². The SMILES string of the molecule is C=CCO[C@@H]1CC[C@H](O)OC1. The van der Waals surface area contributed by atoms with Crippen LogP contribution in [0.15, 0.2) is 12.7 Å². The van der Waals surface area contributed by atoms with Gasteiger partial charge in [0.05, 0.1) is 19.3 Å². The molecule has 0 bridgehead atoms. The zero-order chi connectivity index (χ0) is 8.10. The molecule has 0 spiro atoms. The van der Waals surface area contributed by atoms with Gasteiger partial charge in [0.15, 0.2) is 6.29 Å². The second-order valence-electron chi connectivity index (χ2n) is 2.61. The Bertz CT molecular complexity index is 117. The van der Waals surface area contributed by atoms with E-state index in [-0.39, 0.29) is 6.10 Å². The van der Waals surface area contributed by atoms with E-state index in [4.69, 9.17) is 14.6 Å². The Labute approximate surface area is 66.6 Å². The Morgan fingerprint density at radius 2 is 2.45 bits per heavy atom. The fraction of sp³-hybridized carbons (Fsp3) is 0.750. The van der Waals surface area contributed by atoms with Gasteiger partial charge in [0.25, 0.3) is 0 Å². The highest BCUT2D eigenvalue weighted by Gasteiger charge is 2.19. The number of aliphatic hydroxyl groups excluding tert-OH is 1. The van der Waals surface area contributed by atoms with Gasteiger partial charge in [0.2, 0.25) is 0 Å². The van der Waals surface area contributed by atoms with Crippen molar-refractivity contribution >= 4 is 0 Å². The Hall–Kier alpha value is -0.380. The Kier molecular flexibility index (Phi) is 3.56. The smallest absolute Gasteiger partial charge is 0.154 e. The van der Waals surface area contributed by atoms with Crippen LogP contribution in [0.5, 0.6) is 0 Å². The third kappa shape index (κ3) is 3.01. The largest absolute Gasteiger partial charge is 0.372 e. The second-order valence-corrected chi connectivity index (χ2v) is 2.61. The van der Waals surface area contributed by atoms with Crippen LogP contribution in [0.2, 0.25) is 0 Å². The highest BCUT2D eigenvalue weighted by atomic mass is 16.6. The van der Waals surface area contributed by atoms with Crippen LogP contribution in [-0.2, 0) is 9.47 Å². The topological polar surface area (TPSA) is 38.7 Å². The number of rotatable bonds is 3. The van der Waals surface area contributed by atoms with Crippen molar-refractivity contribution in [1.29, 1.82) is 0 Å². The summed E-state index contributed by atoms with van der Waals surface area (Å²) < 4.78 is 10.3. The van der Waals surface area contributed by atoms with Crippen LogP contribution in [0.4, 0.5) is 0 Å². The van der Waals surface area contributed by atoms with Gasteiger partial charge in [-0.2, -0.15) is 0 Å². The standard InChI is InChI=1S/C8H14O3/c1-2-5-10-7-3-4-8(9)11-6-7/h2,7-9H,1,3-6H2/t7-,8-/m1/s1. The fourth-order valence-electron chi connectivity index (χ4n) is 1.05. The molecule has 0 aromatic carbocycles. The van der Waals surface area contributed by atoms with Crippen molar-refractivity contribution in [2.24, 2.45) is 0 Å². The molecule has 1 aliphatic rings. The van der Waals surface area contributed by atoms with Crippen LogP contribution in [0.1, 0.15) is 12.8 Å². The number of hydrogen-bond donors (Lipinski definition) is 1. The Morgan fingerprint density at radius 3 is 3.00 bits per heavy atom. The predicted molar refractivity (Wildman–Crippen MR) is 41.1 cm³/mol. The van der Waals surface area contributed by atoms with E-state index in [1.54, 1.807) is 6.08 Å². The van der Waals surface area contributed by atoms with E-state index in [2.05, 4.69) is 6.58 Å². The molecule has 1 heterocycles. The molecular weight excluding hydrogens is 144 g/mol. The van der Waals surface area contributed by atoms with Gasteiger partial charge in [0, 0.05) is 6.42 Å². The minimum Gasteiger partial charge on any atom is -0.372 e. The molecule has 0 amide bonds. The summed E-state index contributed by atoms with van der Waals surface area (Å²) in [5, 5.41) is 8.95. The van der Waals surface area contributed by atoms with Gasteiger partial charge in [-0.3, -0.25) is 0 Å². The maximum atomic E-state index is 8.95. The zero-order valence-electron chi connectivity index (χ0n) is 6.53. The van der Waals surface area contributed by atoms with Gasteiger partial charge < -0.3 is 14.6 Å². The summed E-state index contributed by atoms with van der Waals surface area (Å²) in [4.78, 5) is 0. The second kappa shape index (κ2) is 4.49. The van der Waals surface area contributed by atoms with Gasteiger partial charge in [0.1, 0.15) is 0 Å². The molecule has 3 nitrogen and oxygen atoms in total. The van der Waals surface area contributed by atoms with E-state index >= 15 is 0 Å². The lowest BCUT2D eigenvalue weighted by molar-refractivity contribution is -0.164. The number of ether oxygens (including phenoxy) is 2. The summed E-state index contributed by atoms with van der Waals surface area (Å²) in [5.74, 6) is 0. The van der Waals surface area contributed by atoms with Crippen molar-refractivity contribution in [2.45, 2.75) is 25.2 Å². The molecule has 1 N–H and O–H groups in total. The fourth-order valence-corrected chi connectivity index (χ4v) is 1.05. The number of aliphatic hydroxyl groups is 1. The average Bonchev–Trinajstić information content (AvgIpc) is 2.04. The molecule has 1 rings (SSSR count). The van der Waals surface area contributed by atoms with Crippen LogP contribution >= 0.6 is 0 Å². The predicted octanol–water partition coefficient (Wildman–Crippen LogP) is 0.686. The third-order valence-corrected chi connectivity index (χ3v) is 1.66. The lowest BCUT2D eigenvalue weighted by atomic mass is 10.1. The van der Waals surface area contributed by atoms with Crippen LogP contribution in [0, 0.1) is 0 Å². The molecule has 1 fully saturated rings. The van der Waals surface area contributed by atoms with Gasteiger partial charge in [-0.05, 0) is 6.42 Å². The van der Waals surface area contributed by atoms with Crippen molar-refractivity contribution in [3.63, 3.8) is 0 Å². The molecule has 0 aromatic heterocycles. The Morgan fingerprint density at radius 1 is 1.64 bits per heavy atom. The highest BCUT2D eigenvalue weighted by molar-refractivity contribution is 4.69. The first-order valence-corrected chi connectivity index (χ1v) is 3.85. The normalized spacial score (nSPS) is 31.7. The van der Waals surface area contributed by atoms with Crippen molar-refractivity contribution in [3.8, 4) is 0 Å². The van der Waals surface area contributed by atoms with Gasteiger partial charge in [-0.1, -0.05) is 6.08 Å². The summed E-state index contributed by atoms with van der Waals surface area (Å²) in [6, 6.07) is 0. The van der Waals surface area contributed by atoms with Gasteiger partial charge in [-0.25, -0.2) is 0 Å².